The van der Waals surface area contributed by atoms with Crippen LogP contribution < -0.4 is 0 Å². The van der Waals surface area contributed by atoms with Crippen LogP contribution in [-0.2, 0) is 12.2 Å². The van der Waals surface area contributed by atoms with Crippen LogP contribution in [0.4, 0.5) is 4.39 Å². The van der Waals surface area contributed by atoms with Crippen molar-refractivity contribution in [3.8, 4) is 5.69 Å². The van der Waals surface area contributed by atoms with Crippen LogP contribution in [0.2, 0.25) is 0 Å². The molecule has 2 heterocycles. The van der Waals surface area contributed by atoms with E-state index in [9.17, 15) is 4.39 Å². The van der Waals surface area contributed by atoms with Gasteiger partial charge in [0.1, 0.15) is 5.82 Å². The van der Waals surface area contributed by atoms with Gasteiger partial charge in [0, 0.05) is 6.42 Å². The fraction of sp³-hybridized carbons (Fsp3) is 0.118. The van der Waals surface area contributed by atoms with E-state index in [1.165, 1.54) is 28.6 Å². The molecular weight excluding hydrogens is 355 g/mol. The highest BCUT2D eigenvalue weighted by Gasteiger charge is 2.13. The lowest BCUT2D eigenvalue weighted by Crippen LogP contribution is -1.99. The number of tetrazole rings is 1. The molecule has 4 aromatic rings. The lowest BCUT2D eigenvalue weighted by atomic mass is 10.1. The van der Waals surface area contributed by atoms with Gasteiger partial charge in [-0.2, -0.15) is 9.67 Å². The number of halogens is 1. The normalized spacial score (nSPS) is 11.0. The topological polar surface area (TPSA) is 82.5 Å². The minimum atomic E-state index is -0.351. The van der Waals surface area contributed by atoms with E-state index < -0.39 is 0 Å². The van der Waals surface area contributed by atoms with Crippen molar-refractivity contribution in [1.82, 2.24) is 30.3 Å². The summed E-state index contributed by atoms with van der Waals surface area (Å²) in [6, 6.07) is 16.0. The summed E-state index contributed by atoms with van der Waals surface area (Å²) in [6.07, 6.45) is 0.607. The predicted molar refractivity (Wildman–Crippen MR) is 92.2 cm³/mol. The van der Waals surface area contributed by atoms with Crippen molar-refractivity contribution < 1.29 is 8.91 Å². The van der Waals surface area contributed by atoms with Crippen molar-refractivity contribution in [2.75, 3.05) is 0 Å². The maximum atomic E-state index is 13.4. The Morgan fingerprint density at radius 3 is 2.81 bits per heavy atom. The van der Waals surface area contributed by atoms with Crippen molar-refractivity contribution in [3.63, 3.8) is 0 Å². The van der Waals surface area contributed by atoms with Crippen molar-refractivity contribution in [3.05, 3.63) is 77.7 Å². The van der Waals surface area contributed by atoms with Gasteiger partial charge in [0.25, 0.3) is 0 Å². The van der Waals surface area contributed by atoms with E-state index in [0.717, 1.165) is 5.56 Å². The first-order valence-electron chi connectivity index (χ1n) is 7.80. The molecule has 9 heteroatoms. The fourth-order valence-corrected chi connectivity index (χ4v) is 3.09. The van der Waals surface area contributed by atoms with Gasteiger partial charge in [0.15, 0.2) is 5.82 Å². The number of aromatic nitrogens is 6. The van der Waals surface area contributed by atoms with Gasteiger partial charge in [-0.15, -0.1) is 5.10 Å². The monoisotopic (exact) mass is 368 g/mol. The fourth-order valence-electron chi connectivity index (χ4n) is 2.36. The summed E-state index contributed by atoms with van der Waals surface area (Å²) in [5.74, 6) is 1.17. The van der Waals surface area contributed by atoms with Crippen molar-refractivity contribution in [2.24, 2.45) is 0 Å². The quantitative estimate of drug-likeness (QED) is 0.484. The summed E-state index contributed by atoms with van der Waals surface area (Å²) < 4.78 is 20.1. The summed E-state index contributed by atoms with van der Waals surface area (Å²) in [7, 11) is 0. The second kappa shape index (κ2) is 7.44. The molecule has 0 spiro atoms. The molecule has 0 bridgehead atoms. The molecule has 0 amide bonds. The second-order valence-corrected chi connectivity index (χ2v) is 6.35. The average Bonchev–Trinajstić information content (AvgIpc) is 3.30. The van der Waals surface area contributed by atoms with Crippen LogP contribution in [0.3, 0.4) is 0 Å². The van der Waals surface area contributed by atoms with E-state index in [2.05, 4.69) is 25.7 Å². The predicted octanol–water partition coefficient (Wildman–Crippen LogP) is 3.07. The number of thioether (sulfide) groups is 1. The molecule has 0 aliphatic carbocycles. The van der Waals surface area contributed by atoms with Gasteiger partial charge in [0.2, 0.25) is 11.0 Å². The van der Waals surface area contributed by atoms with E-state index in [-0.39, 0.29) is 5.82 Å². The summed E-state index contributed by atoms with van der Waals surface area (Å²) in [4.78, 5) is 4.39. The van der Waals surface area contributed by atoms with Gasteiger partial charge in [0.05, 0.1) is 11.4 Å². The van der Waals surface area contributed by atoms with Crippen LogP contribution in [-0.4, -0.2) is 30.3 Å². The molecule has 0 saturated heterocycles. The number of rotatable bonds is 6. The SMILES string of the molecule is Fc1cccc(-n2nnnc2SCc2nc(Cc3ccccc3)no2)c1. The molecule has 0 N–H and O–H groups in total. The molecule has 0 saturated carbocycles. The van der Waals surface area contributed by atoms with E-state index in [1.54, 1.807) is 12.1 Å². The highest BCUT2D eigenvalue weighted by molar-refractivity contribution is 7.98. The first kappa shape index (κ1) is 16.4. The summed E-state index contributed by atoms with van der Waals surface area (Å²) in [5.41, 5.74) is 1.66. The first-order valence-corrected chi connectivity index (χ1v) is 8.79. The molecule has 26 heavy (non-hydrogen) atoms. The number of hydrogen-bond acceptors (Lipinski definition) is 7. The number of benzene rings is 2. The maximum Gasteiger partial charge on any atom is 0.237 e. The minimum absolute atomic E-state index is 0.351. The Kier molecular flexibility index (Phi) is 4.69. The van der Waals surface area contributed by atoms with Crippen molar-refractivity contribution in [1.29, 1.82) is 0 Å². The van der Waals surface area contributed by atoms with Gasteiger partial charge in [-0.1, -0.05) is 53.3 Å². The first-order chi connectivity index (χ1) is 12.8. The highest BCUT2D eigenvalue weighted by atomic mass is 32.2. The van der Waals surface area contributed by atoms with Crippen LogP contribution in [0.5, 0.6) is 0 Å². The lowest BCUT2D eigenvalue weighted by molar-refractivity contribution is 0.385. The van der Waals surface area contributed by atoms with Gasteiger partial charge in [-0.25, -0.2) is 4.39 Å². The van der Waals surface area contributed by atoms with Crippen LogP contribution >= 0.6 is 11.8 Å². The molecule has 0 aliphatic heterocycles. The van der Waals surface area contributed by atoms with Gasteiger partial charge >= 0.3 is 0 Å². The molecule has 130 valence electrons. The Bertz CT molecular complexity index is 1000. The molecule has 2 aromatic heterocycles. The minimum Gasteiger partial charge on any atom is -0.338 e. The third-order valence-corrected chi connectivity index (χ3v) is 4.44. The van der Waals surface area contributed by atoms with E-state index in [4.69, 9.17) is 4.52 Å². The molecule has 2 aromatic carbocycles. The Balaban J connectivity index is 1.43. The van der Waals surface area contributed by atoms with Crippen LogP contribution in [0, 0.1) is 5.82 Å². The van der Waals surface area contributed by atoms with Crippen LogP contribution in [0.15, 0.2) is 64.3 Å². The zero-order valence-corrected chi connectivity index (χ0v) is 14.3. The Morgan fingerprint density at radius 1 is 1.08 bits per heavy atom. The van der Waals surface area contributed by atoms with E-state index in [1.807, 2.05) is 30.3 Å². The largest absolute Gasteiger partial charge is 0.338 e. The summed E-state index contributed by atoms with van der Waals surface area (Å²) >= 11 is 1.34. The van der Waals surface area contributed by atoms with E-state index >= 15 is 0 Å². The molecule has 4 rings (SSSR count). The molecule has 0 aliphatic rings. The molecule has 0 radical (unpaired) electrons. The van der Waals surface area contributed by atoms with Crippen molar-refractivity contribution >= 4 is 11.8 Å². The Labute approximate surface area is 152 Å². The van der Waals surface area contributed by atoms with Gasteiger partial charge < -0.3 is 4.52 Å². The van der Waals surface area contributed by atoms with Crippen LogP contribution in [0.25, 0.3) is 5.69 Å². The number of hydrogen-bond donors (Lipinski definition) is 0. The zero-order valence-electron chi connectivity index (χ0n) is 13.5. The second-order valence-electron chi connectivity index (χ2n) is 5.41. The number of nitrogens with zero attached hydrogens (tertiary/aromatic N) is 6. The molecule has 0 fully saturated rings. The third kappa shape index (κ3) is 3.77. The summed E-state index contributed by atoms with van der Waals surface area (Å²) in [6.45, 7) is 0. The third-order valence-electron chi connectivity index (χ3n) is 3.53. The Morgan fingerprint density at radius 2 is 1.96 bits per heavy atom. The smallest absolute Gasteiger partial charge is 0.237 e. The zero-order chi connectivity index (χ0) is 17.8. The summed E-state index contributed by atoms with van der Waals surface area (Å²) in [5, 5.41) is 16.0. The van der Waals surface area contributed by atoms with Gasteiger partial charge in [-0.3, -0.25) is 0 Å². The molecule has 0 unspecified atom stereocenters. The highest BCUT2D eigenvalue weighted by Crippen LogP contribution is 2.22. The van der Waals surface area contributed by atoms with Gasteiger partial charge in [-0.05, 0) is 34.2 Å². The maximum absolute atomic E-state index is 13.4. The molecule has 7 nitrogen and oxygen atoms in total. The molecule has 0 atom stereocenters. The molecular formula is C17H13FN6OS. The van der Waals surface area contributed by atoms with Crippen LogP contribution in [0.1, 0.15) is 17.3 Å². The average molecular weight is 368 g/mol. The lowest BCUT2D eigenvalue weighted by Gasteiger charge is -2.02. The Hall–Kier alpha value is -3.07. The van der Waals surface area contributed by atoms with E-state index in [0.29, 0.717) is 34.7 Å². The standard InChI is InChI=1S/C17H13FN6OS/c18-13-7-4-8-14(10-13)24-17(20-22-23-24)26-11-16-19-15(21-25-16)9-12-5-2-1-3-6-12/h1-8,10H,9,11H2. The van der Waals surface area contributed by atoms with Crippen molar-refractivity contribution in [2.45, 2.75) is 17.3 Å².